The van der Waals surface area contributed by atoms with Crippen LogP contribution < -0.4 is 5.32 Å². The molecule has 0 aromatic carbocycles. The van der Waals surface area contributed by atoms with E-state index in [9.17, 15) is 0 Å². The van der Waals surface area contributed by atoms with Crippen molar-refractivity contribution in [1.82, 2.24) is 5.32 Å². The molecule has 0 heterocycles. The summed E-state index contributed by atoms with van der Waals surface area (Å²) in [5, 5.41) is 3.92. The lowest BCUT2D eigenvalue weighted by atomic mass is 9.72. The lowest BCUT2D eigenvalue weighted by molar-refractivity contribution is 0.0246. The zero-order valence-electron chi connectivity index (χ0n) is 11.8. The van der Waals surface area contributed by atoms with Gasteiger partial charge in [0.15, 0.2) is 0 Å². The Kier molecular flexibility index (Phi) is 4.48. The highest BCUT2D eigenvalue weighted by Gasteiger charge is 2.35. The van der Waals surface area contributed by atoms with Crippen molar-refractivity contribution >= 4 is 0 Å². The topological polar surface area (TPSA) is 21.3 Å². The molecule has 2 aliphatic carbocycles. The molecule has 2 fully saturated rings. The van der Waals surface area contributed by atoms with Crippen molar-refractivity contribution in [1.29, 1.82) is 0 Å². The SMILES string of the molecule is COC1CCCCC1NC1CCCCC1(C)C. The first-order chi connectivity index (χ1) is 8.13. The summed E-state index contributed by atoms with van der Waals surface area (Å²) in [4.78, 5) is 0. The molecule has 0 bridgehead atoms. The highest BCUT2D eigenvalue weighted by molar-refractivity contribution is 4.92. The van der Waals surface area contributed by atoms with E-state index in [-0.39, 0.29) is 0 Å². The summed E-state index contributed by atoms with van der Waals surface area (Å²) in [6.07, 6.45) is 11.2. The molecule has 0 saturated heterocycles. The summed E-state index contributed by atoms with van der Waals surface area (Å²) in [6, 6.07) is 1.29. The predicted molar refractivity (Wildman–Crippen MR) is 72.2 cm³/mol. The smallest absolute Gasteiger partial charge is 0.0724 e. The van der Waals surface area contributed by atoms with E-state index < -0.39 is 0 Å². The van der Waals surface area contributed by atoms with Crippen LogP contribution in [-0.4, -0.2) is 25.3 Å². The molecule has 2 aliphatic rings. The molecule has 100 valence electrons. The molecular weight excluding hydrogens is 210 g/mol. The molecule has 2 rings (SSSR count). The lowest BCUT2D eigenvalue weighted by Gasteiger charge is -2.43. The maximum Gasteiger partial charge on any atom is 0.0724 e. The van der Waals surface area contributed by atoms with Gasteiger partial charge in [-0.05, 0) is 31.1 Å². The molecule has 0 spiro atoms. The Balaban J connectivity index is 1.93. The number of nitrogens with one attached hydrogen (secondary N) is 1. The molecule has 3 unspecified atom stereocenters. The molecule has 0 amide bonds. The van der Waals surface area contributed by atoms with Crippen molar-refractivity contribution in [2.24, 2.45) is 5.41 Å². The first-order valence-corrected chi connectivity index (χ1v) is 7.42. The van der Waals surface area contributed by atoms with Gasteiger partial charge in [-0.1, -0.05) is 39.5 Å². The number of methoxy groups -OCH3 is 1. The zero-order valence-corrected chi connectivity index (χ0v) is 11.8. The van der Waals surface area contributed by atoms with Crippen LogP contribution >= 0.6 is 0 Å². The van der Waals surface area contributed by atoms with Crippen LogP contribution in [0.3, 0.4) is 0 Å². The first kappa shape index (κ1) is 13.4. The van der Waals surface area contributed by atoms with Gasteiger partial charge in [-0.3, -0.25) is 0 Å². The number of hydrogen-bond donors (Lipinski definition) is 1. The van der Waals surface area contributed by atoms with E-state index in [4.69, 9.17) is 4.74 Å². The minimum absolute atomic E-state index is 0.446. The highest BCUT2D eigenvalue weighted by atomic mass is 16.5. The van der Waals surface area contributed by atoms with Gasteiger partial charge < -0.3 is 10.1 Å². The second kappa shape index (κ2) is 5.71. The fourth-order valence-corrected chi connectivity index (χ4v) is 3.63. The van der Waals surface area contributed by atoms with Crippen molar-refractivity contribution in [2.45, 2.75) is 83.4 Å². The van der Waals surface area contributed by atoms with E-state index in [0.717, 1.165) is 0 Å². The third kappa shape index (κ3) is 3.23. The van der Waals surface area contributed by atoms with E-state index in [1.165, 1.54) is 51.4 Å². The molecule has 0 radical (unpaired) electrons. The first-order valence-electron chi connectivity index (χ1n) is 7.42. The van der Waals surface area contributed by atoms with Crippen molar-refractivity contribution in [2.75, 3.05) is 7.11 Å². The van der Waals surface area contributed by atoms with Gasteiger partial charge in [0.05, 0.1) is 6.10 Å². The maximum atomic E-state index is 5.65. The van der Waals surface area contributed by atoms with Crippen LogP contribution in [0.15, 0.2) is 0 Å². The molecule has 3 atom stereocenters. The summed E-state index contributed by atoms with van der Waals surface area (Å²) < 4.78 is 5.65. The van der Waals surface area contributed by atoms with Gasteiger partial charge in [0, 0.05) is 19.2 Å². The fraction of sp³-hybridized carbons (Fsp3) is 1.00. The Morgan fingerprint density at radius 1 is 1.00 bits per heavy atom. The van der Waals surface area contributed by atoms with Gasteiger partial charge in [0.25, 0.3) is 0 Å². The average Bonchev–Trinajstić information content (AvgIpc) is 2.32. The second-order valence-corrected chi connectivity index (χ2v) is 6.62. The minimum Gasteiger partial charge on any atom is -0.380 e. The van der Waals surface area contributed by atoms with Crippen LogP contribution in [0.1, 0.15) is 65.2 Å². The van der Waals surface area contributed by atoms with E-state index >= 15 is 0 Å². The van der Waals surface area contributed by atoms with Crippen LogP contribution in [0, 0.1) is 5.41 Å². The Morgan fingerprint density at radius 2 is 1.71 bits per heavy atom. The van der Waals surface area contributed by atoms with E-state index in [0.29, 0.717) is 23.6 Å². The average molecular weight is 239 g/mol. The Morgan fingerprint density at radius 3 is 2.41 bits per heavy atom. The van der Waals surface area contributed by atoms with Gasteiger partial charge >= 0.3 is 0 Å². The highest BCUT2D eigenvalue weighted by Crippen LogP contribution is 2.36. The summed E-state index contributed by atoms with van der Waals surface area (Å²) in [5.41, 5.74) is 0.466. The molecule has 1 N–H and O–H groups in total. The summed E-state index contributed by atoms with van der Waals surface area (Å²) in [7, 11) is 1.87. The predicted octanol–water partition coefficient (Wildman–Crippen LogP) is 3.50. The van der Waals surface area contributed by atoms with Crippen molar-refractivity contribution in [3.05, 3.63) is 0 Å². The quantitative estimate of drug-likeness (QED) is 0.814. The van der Waals surface area contributed by atoms with Crippen LogP contribution in [0.5, 0.6) is 0 Å². The molecule has 17 heavy (non-hydrogen) atoms. The Labute approximate surface area is 107 Å². The second-order valence-electron chi connectivity index (χ2n) is 6.62. The zero-order chi connectivity index (χ0) is 12.3. The number of rotatable bonds is 3. The van der Waals surface area contributed by atoms with E-state index in [1.807, 2.05) is 7.11 Å². The van der Waals surface area contributed by atoms with Crippen molar-refractivity contribution in [3.63, 3.8) is 0 Å². The minimum atomic E-state index is 0.446. The van der Waals surface area contributed by atoms with Crippen LogP contribution in [-0.2, 0) is 4.74 Å². The molecule has 2 heteroatoms. The van der Waals surface area contributed by atoms with Gasteiger partial charge in [-0.25, -0.2) is 0 Å². The van der Waals surface area contributed by atoms with Crippen LogP contribution in [0.25, 0.3) is 0 Å². The van der Waals surface area contributed by atoms with E-state index in [1.54, 1.807) is 0 Å². The number of ether oxygens (including phenoxy) is 1. The third-order valence-corrected chi connectivity index (χ3v) is 4.93. The standard InChI is InChI=1S/C15H29NO/c1-15(2)11-7-6-10-14(15)16-12-8-4-5-9-13(12)17-3/h12-14,16H,4-11H2,1-3H3. The Hall–Kier alpha value is -0.0800. The van der Waals surface area contributed by atoms with E-state index in [2.05, 4.69) is 19.2 Å². The van der Waals surface area contributed by atoms with Gasteiger partial charge in [-0.15, -0.1) is 0 Å². The molecular formula is C15H29NO. The largest absolute Gasteiger partial charge is 0.380 e. The molecule has 0 aliphatic heterocycles. The van der Waals surface area contributed by atoms with Crippen LogP contribution in [0.2, 0.25) is 0 Å². The van der Waals surface area contributed by atoms with Crippen molar-refractivity contribution in [3.8, 4) is 0 Å². The van der Waals surface area contributed by atoms with Gasteiger partial charge in [0.2, 0.25) is 0 Å². The van der Waals surface area contributed by atoms with Gasteiger partial charge in [0.1, 0.15) is 0 Å². The normalized spacial score (nSPS) is 37.9. The monoisotopic (exact) mass is 239 g/mol. The van der Waals surface area contributed by atoms with Crippen LogP contribution in [0.4, 0.5) is 0 Å². The fourth-order valence-electron chi connectivity index (χ4n) is 3.63. The molecule has 2 nitrogen and oxygen atoms in total. The molecule has 0 aromatic heterocycles. The summed E-state index contributed by atoms with van der Waals surface area (Å²) in [6.45, 7) is 4.85. The molecule has 0 aromatic rings. The lowest BCUT2D eigenvalue weighted by Crippen LogP contribution is -2.53. The van der Waals surface area contributed by atoms with Crippen molar-refractivity contribution < 1.29 is 4.74 Å². The Bertz CT molecular complexity index is 239. The number of hydrogen-bond acceptors (Lipinski definition) is 2. The third-order valence-electron chi connectivity index (χ3n) is 4.93. The summed E-state index contributed by atoms with van der Waals surface area (Å²) in [5.74, 6) is 0. The molecule has 2 saturated carbocycles. The summed E-state index contributed by atoms with van der Waals surface area (Å²) >= 11 is 0. The maximum absolute atomic E-state index is 5.65. The van der Waals surface area contributed by atoms with Gasteiger partial charge in [-0.2, -0.15) is 0 Å².